The highest BCUT2D eigenvalue weighted by atomic mass is 19.1. The highest BCUT2D eigenvalue weighted by Gasteiger charge is 2.17. The van der Waals surface area contributed by atoms with Gasteiger partial charge >= 0.3 is 0 Å². The van der Waals surface area contributed by atoms with Crippen molar-refractivity contribution in [3.63, 3.8) is 0 Å². The van der Waals surface area contributed by atoms with Gasteiger partial charge in [-0.2, -0.15) is 0 Å². The minimum absolute atomic E-state index is 0.220. The van der Waals surface area contributed by atoms with Crippen molar-refractivity contribution in [3.05, 3.63) is 42.4 Å². The molecule has 1 aliphatic rings. The van der Waals surface area contributed by atoms with Gasteiger partial charge in [-0.25, -0.2) is 4.39 Å². The summed E-state index contributed by atoms with van der Waals surface area (Å²) >= 11 is 0. The first-order valence-corrected chi connectivity index (χ1v) is 6.43. The van der Waals surface area contributed by atoms with E-state index in [0.29, 0.717) is 0 Å². The molecule has 0 radical (unpaired) electrons. The third kappa shape index (κ3) is 2.13. The summed E-state index contributed by atoms with van der Waals surface area (Å²) in [4.78, 5) is 2.32. The van der Waals surface area contributed by atoms with E-state index in [9.17, 15) is 4.39 Å². The molecule has 0 bridgehead atoms. The molecule has 1 aliphatic heterocycles. The predicted molar refractivity (Wildman–Crippen MR) is 70.2 cm³/mol. The van der Waals surface area contributed by atoms with Gasteiger partial charge in [0.05, 0.1) is 6.26 Å². The molecule has 94 valence electrons. The number of piperidine rings is 1. The number of nitrogens with zero attached hydrogens (tertiary/aromatic N) is 1. The lowest BCUT2D eigenvalue weighted by atomic mass is 10.1. The van der Waals surface area contributed by atoms with Crippen LogP contribution in [-0.4, -0.2) is 13.1 Å². The molecule has 1 saturated heterocycles. The summed E-state index contributed by atoms with van der Waals surface area (Å²) in [5.74, 6) is 0.511. The highest BCUT2D eigenvalue weighted by molar-refractivity contribution is 5.75. The van der Waals surface area contributed by atoms with Crippen molar-refractivity contribution in [1.82, 2.24) is 0 Å². The first-order valence-electron chi connectivity index (χ1n) is 6.43. The molecule has 0 aliphatic carbocycles. The molecule has 3 rings (SSSR count). The topological polar surface area (TPSA) is 16.4 Å². The maximum atomic E-state index is 13.4. The Balaban J connectivity index is 2.02. The first-order chi connectivity index (χ1) is 8.84. The maximum Gasteiger partial charge on any atom is 0.136 e. The van der Waals surface area contributed by atoms with Crippen molar-refractivity contribution < 1.29 is 8.81 Å². The van der Waals surface area contributed by atoms with Gasteiger partial charge in [0.25, 0.3) is 0 Å². The third-order valence-corrected chi connectivity index (χ3v) is 3.44. The van der Waals surface area contributed by atoms with E-state index in [1.807, 2.05) is 18.2 Å². The van der Waals surface area contributed by atoms with E-state index in [1.165, 1.54) is 25.3 Å². The van der Waals surface area contributed by atoms with Crippen molar-refractivity contribution >= 4 is 5.69 Å². The van der Waals surface area contributed by atoms with E-state index < -0.39 is 0 Å². The van der Waals surface area contributed by atoms with Gasteiger partial charge in [-0.1, -0.05) is 0 Å². The zero-order valence-electron chi connectivity index (χ0n) is 10.2. The van der Waals surface area contributed by atoms with Crippen LogP contribution in [0.3, 0.4) is 0 Å². The molecule has 2 aromatic rings. The fourth-order valence-electron chi connectivity index (χ4n) is 2.55. The molecule has 0 spiro atoms. The van der Waals surface area contributed by atoms with Crippen LogP contribution >= 0.6 is 0 Å². The Morgan fingerprint density at radius 1 is 1.06 bits per heavy atom. The Kier molecular flexibility index (Phi) is 3.05. The minimum atomic E-state index is -0.220. The lowest BCUT2D eigenvalue weighted by molar-refractivity contribution is 0.568. The zero-order valence-corrected chi connectivity index (χ0v) is 10.2. The number of hydrogen-bond acceptors (Lipinski definition) is 2. The van der Waals surface area contributed by atoms with Crippen LogP contribution in [0.5, 0.6) is 0 Å². The number of benzene rings is 1. The van der Waals surface area contributed by atoms with Crippen molar-refractivity contribution in [2.75, 3.05) is 18.0 Å². The third-order valence-electron chi connectivity index (χ3n) is 3.44. The summed E-state index contributed by atoms with van der Waals surface area (Å²) < 4.78 is 18.9. The Morgan fingerprint density at radius 2 is 1.89 bits per heavy atom. The normalized spacial score (nSPS) is 15.9. The van der Waals surface area contributed by atoms with Gasteiger partial charge in [0.2, 0.25) is 0 Å². The van der Waals surface area contributed by atoms with Crippen LogP contribution in [0.4, 0.5) is 10.1 Å². The Bertz CT molecular complexity index is 515. The number of anilines is 1. The molecule has 2 heterocycles. The van der Waals surface area contributed by atoms with Gasteiger partial charge in [0.15, 0.2) is 0 Å². The second-order valence-electron chi connectivity index (χ2n) is 4.69. The molecule has 0 atom stereocenters. The molecule has 0 amide bonds. The standard InChI is InChI=1S/C15H16FNO/c16-12-6-7-14(17-8-2-1-3-9-17)13(11-12)15-5-4-10-18-15/h4-7,10-11H,1-3,8-9H2. The van der Waals surface area contributed by atoms with E-state index >= 15 is 0 Å². The molecule has 3 heteroatoms. The van der Waals surface area contributed by atoms with Gasteiger partial charge in [0, 0.05) is 24.3 Å². The second-order valence-corrected chi connectivity index (χ2v) is 4.69. The maximum absolute atomic E-state index is 13.4. The van der Waals surface area contributed by atoms with Crippen LogP contribution in [0.2, 0.25) is 0 Å². The molecule has 0 N–H and O–H groups in total. The lowest BCUT2D eigenvalue weighted by Crippen LogP contribution is -2.29. The fourth-order valence-corrected chi connectivity index (χ4v) is 2.55. The molecule has 1 aromatic heterocycles. The fraction of sp³-hybridized carbons (Fsp3) is 0.333. The van der Waals surface area contributed by atoms with Crippen molar-refractivity contribution in [1.29, 1.82) is 0 Å². The second kappa shape index (κ2) is 4.84. The smallest absolute Gasteiger partial charge is 0.136 e. The summed E-state index contributed by atoms with van der Waals surface area (Å²) in [6.07, 6.45) is 5.32. The monoisotopic (exact) mass is 245 g/mol. The summed E-state index contributed by atoms with van der Waals surface area (Å²) in [5.41, 5.74) is 1.92. The van der Waals surface area contributed by atoms with E-state index in [4.69, 9.17) is 4.42 Å². The molecule has 1 fully saturated rings. The van der Waals surface area contributed by atoms with E-state index in [2.05, 4.69) is 4.90 Å². The Morgan fingerprint density at radius 3 is 2.61 bits per heavy atom. The summed E-state index contributed by atoms with van der Waals surface area (Å²) in [6, 6.07) is 8.65. The van der Waals surface area contributed by atoms with E-state index in [-0.39, 0.29) is 5.82 Å². The average molecular weight is 245 g/mol. The number of hydrogen-bond donors (Lipinski definition) is 0. The molecule has 1 aromatic carbocycles. The number of halogens is 1. The lowest BCUT2D eigenvalue weighted by Gasteiger charge is -2.30. The Labute approximate surface area is 106 Å². The van der Waals surface area contributed by atoms with Gasteiger partial charge in [-0.05, 0) is 49.6 Å². The van der Waals surface area contributed by atoms with Crippen LogP contribution in [0.25, 0.3) is 11.3 Å². The van der Waals surface area contributed by atoms with Crippen LogP contribution in [0, 0.1) is 5.82 Å². The summed E-state index contributed by atoms with van der Waals surface area (Å²) in [5, 5.41) is 0. The minimum Gasteiger partial charge on any atom is -0.464 e. The van der Waals surface area contributed by atoms with E-state index in [0.717, 1.165) is 30.1 Å². The van der Waals surface area contributed by atoms with Gasteiger partial charge in [-0.3, -0.25) is 0 Å². The number of rotatable bonds is 2. The summed E-state index contributed by atoms with van der Waals surface area (Å²) in [7, 11) is 0. The molecular weight excluding hydrogens is 229 g/mol. The molecule has 2 nitrogen and oxygen atoms in total. The SMILES string of the molecule is Fc1ccc(N2CCCCC2)c(-c2ccco2)c1. The predicted octanol–water partition coefficient (Wildman–Crippen LogP) is 4.08. The highest BCUT2D eigenvalue weighted by Crippen LogP contribution is 2.33. The van der Waals surface area contributed by atoms with Crippen LogP contribution < -0.4 is 4.90 Å². The first kappa shape index (κ1) is 11.3. The quantitative estimate of drug-likeness (QED) is 0.792. The van der Waals surface area contributed by atoms with Crippen LogP contribution in [0.15, 0.2) is 41.0 Å². The van der Waals surface area contributed by atoms with Crippen molar-refractivity contribution in [3.8, 4) is 11.3 Å². The molecule has 0 saturated carbocycles. The molecular formula is C15H16FNO. The van der Waals surface area contributed by atoms with E-state index in [1.54, 1.807) is 12.3 Å². The zero-order chi connectivity index (χ0) is 12.4. The van der Waals surface area contributed by atoms with Gasteiger partial charge < -0.3 is 9.32 Å². The molecule has 18 heavy (non-hydrogen) atoms. The Hall–Kier alpha value is -1.77. The summed E-state index contributed by atoms with van der Waals surface area (Å²) in [6.45, 7) is 2.08. The van der Waals surface area contributed by atoms with Crippen molar-refractivity contribution in [2.24, 2.45) is 0 Å². The molecule has 0 unspecified atom stereocenters. The van der Waals surface area contributed by atoms with Crippen LogP contribution in [0.1, 0.15) is 19.3 Å². The van der Waals surface area contributed by atoms with Crippen LogP contribution in [-0.2, 0) is 0 Å². The van der Waals surface area contributed by atoms with Gasteiger partial charge in [-0.15, -0.1) is 0 Å². The average Bonchev–Trinajstić information content (AvgIpc) is 2.93. The van der Waals surface area contributed by atoms with Crippen molar-refractivity contribution in [2.45, 2.75) is 19.3 Å². The number of furan rings is 1. The van der Waals surface area contributed by atoms with Gasteiger partial charge in [0.1, 0.15) is 11.6 Å². The largest absolute Gasteiger partial charge is 0.464 e.